The predicted molar refractivity (Wildman–Crippen MR) is 74.9 cm³/mol. The van der Waals surface area contributed by atoms with Gasteiger partial charge in [-0.3, -0.25) is 0 Å². The molecule has 0 aliphatic rings. The molecule has 1 N–H and O–H groups in total. The monoisotopic (exact) mass is 269 g/mol. The van der Waals surface area contributed by atoms with Gasteiger partial charge in [-0.25, -0.2) is 0 Å². The molecule has 0 atom stereocenters. The molecule has 1 heterocycles. The standard InChI is InChI=1S/C12H12ClNS2/c1-15-12-5-3-2-4-11(12)14-7-10-6-9(13)8-16-10/h2-6,8,14H,7H2,1H3. The van der Waals surface area contributed by atoms with Crippen molar-refractivity contribution >= 4 is 40.4 Å². The van der Waals surface area contributed by atoms with Crippen molar-refractivity contribution in [3.05, 3.63) is 45.6 Å². The van der Waals surface area contributed by atoms with E-state index < -0.39 is 0 Å². The van der Waals surface area contributed by atoms with Crippen molar-refractivity contribution in [1.82, 2.24) is 0 Å². The molecule has 0 radical (unpaired) electrons. The van der Waals surface area contributed by atoms with E-state index in [0.717, 1.165) is 11.6 Å². The lowest BCUT2D eigenvalue weighted by Crippen LogP contribution is -1.98. The second kappa shape index (κ2) is 5.62. The van der Waals surface area contributed by atoms with E-state index in [-0.39, 0.29) is 0 Å². The maximum atomic E-state index is 5.88. The summed E-state index contributed by atoms with van der Waals surface area (Å²) in [5.74, 6) is 0. The Kier molecular flexibility index (Phi) is 4.16. The average molecular weight is 270 g/mol. The van der Waals surface area contributed by atoms with Gasteiger partial charge >= 0.3 is 0 Å². The second-order valence-corrected chi connectivity index (χ2v) is 5.57. The Labute approximate surface area is 109 Å². The zero-order chi connectivity index (χ0) is 11.4. The lowest BCUT2D eigenvalue weighted by molar-refractivity contribution is 1.17. The van der Waals surface area contributed by atoms with Gasteiger partial charge in [-0.15, -0.1) is 23.1 Å². The lowest BCUT2D eigenvalue weighted by Gasteiger charge is -2.08. The van der Waals surface area contributed by atoms with Crippen LogP contribution >= 0.6 is 34.7 Å². The van der Waals surface area contributed by atoms with Crippen molar-refractivity contribution in [3.8, 4) is 0 Å². The van der Waals surface area contributed by atoms with Crippen LogP contribution in [0, 0.1) is 0 Å². The summed E-state index contributed by atoms with van der Waals surface area (Å²) in [5.41, 5.74) is 1.18. The van der Waals surface area contributed by atoms with Crippen LogP contribution in [0.4, 0.5) is 5.69 Å². The first kappa shape index (κ1) is 11.8. The Morgan fingerprint density at radius 3 is 2.88 bits per heavy atom. The summed E-state index contributed by atoms with van der Waals surface area (Å²) in [6.07, 6.45) is 2.09. The summed E-state index contributed by atoms with van der Waals surface area (Å²) >= 11 is 9.31. The summed E-state index contributed by atoms with van der Waals surface area (Å²) in [6.45, 7) is 0.828. The fraction of sp³-hybridized carbons (Fsp3) is 0.167. The summed E-state index contributed by atoms with van der Waals surface area (Å²) in [7, 11) is 0. The second-order valence-electron chi connectivity index (χ2n) is 3.29. The highest BCUT2D eigenvalue weighted by atomic mass is 35.5. The van der Waals surface area contributed by atoms with E-state index in [1.54, 1.807) is 23.1 Å². The number of anilines is 1. The summed E-state index contributed by atoms with van der Waals surface area (Å²) in [6, 6.07) is 10.3. The number of hydrogen-bond donors (Lipinski definition) is 1. The number of thiophene rings is 1. The van der Waals surface area contributed by atoms with E-state index in [0.29, 0.717) is 0 Å². The van der Waals surface area contributed by atoms with Crippen LogP contribution in [0.1, 0.15) is 4.88 Å². The third kappa shape index (κ3) is 2.94. The zero-order valence-corrected chi connectivity index (χ0v) is 11.3. The number of halogens is 1. The number of nitrogens with one attached hydrogen (secondary N) is 1. The van der Waals surface area contributed by atoms with Crippen LogP contribution in [0.25, 0.3) is 0 Å². The van der Waals surface area contributed by atoms with Crippen molar-refractivity contribution in [1.29, 1.82) is 0 Å². The van der Waals surface area contributed by atoms with Gasteiger partial charge in [0.1, 0.15) is 0 Å². The van der Waals surface area contributed by atoms with E-state index in [1.165, 1.54) is 15.5 Å². The molecule has 0 bridgehead atoms. The van der Waals surface area contributed by atoms with Crippen LogP contribution in [0.2, 0.25) is 5.02 Å². The van der Waals surface area contributed by atoms with E-state index in [4.69, 9.17) is 11.6 Å². The van der Waals surface area contributed by atoms with Gasteiger partial charge in [0.05, 0.1) is 5.02 Å². The average Bonchev–Trinajstić information content (AvgIpc) is 2.73. The molecular weight excluding hydrogens is 258 g/mol. The first-order valence-corrected chi connectivity index (χ1v) is 7.37. The van der Waals surface area contributed by atoms with E-state index >= 15 is 0 Å². The highest BCUT2D eigenvalue weighted by Crippen LogP contribution is 2.26. The molecule has 0 spiro atoms. The maximum Gasteiger partial charge on any atom is 0.0516 e. The minimum absolute atomic E-state index is 0.819. The molecule has 0 fully saturated rings. The Morgan fingerprint density at radius 2 is 2.19 bits per heavy atom. The van der Waals surface area contributed by atoms with Crippen molar-refractivity contribution in [2.75, 3.05) is 11.6 Å². The lowest BCUT2D eigenvalue weighted by atomic mass is 10.3. The van der Waals surface area contributed by atoms with Gasteiger partial charge in [0.15, 0.2) is 0 Å². The van der Waals surface area contributed by atoms with Gasteiger partial charge in [-0.2, -0.15) is 0 Å². The number of benzene rings is 1. The number of para-hydroxylation sites is 1. The minimum Gasteiger partial charge on any atom is -0.379 e. The Balaban J connectivity index is 2.04. The van der Waals surface area contributed by atoms with Gasteiger partial charge in [0.25, 0.3) is 0 Å². The molecule has 0 unspecified atom stereocenters. The van der Waals surface area contributed by atoms with Crippen molar-refractivity contribution in [3.63, 3.8) is 0 Å². The molecule has 2 rings (SSSR count). The molecule has 0 saturated heterocycles. The van der Waals surface area contributed by atoms with E-state index in [2.05, 4.69) is 29.8 Å². The predicted octanol–water partition coefficient (Wildman–Crippen LogP) is 4.74. The first-order valence-electron chi connectivity index (χ1n) is 4.89. The maximum absolute atomic E-state index is 5.88. The summed E-state index contributed by atoms with van der Waals surface area (Å²) < 4.78 is 0. The topological polar surface area (TPSA) is 12.0 Å². The summed E-state index contributed by atoms with van der Waals surface area (Å²) in [4.78, 5) is 2.52. The molecule has 0 aliphatic heterocycles. The molecule has 0 amide bonds. The van der Waals surface area contributed by atoms with E-state index in [1.807, 2.05) is 17.5 Å². The van der Waals surface area contributed by atoms with Crippen molar-refractivity contribution in [2.24, 2.45) is 0 Å². The Morgan fingerprint density at radius 1 is 1.38 bits per heavy atom. The molecule has 0 aliphatic carbocycles. The van der Waals surface area contributed by atoms with Crippen molar-refractivity contribution < 1.29 is 0 Å². The molecule has 1 aromatic carbocycles. The molecule has 1 nitrogen and oxygen atoms in total. The van der Waals surface area contributed by atoms with Crippen LogP contribution in [0.15, 0.2) is 40.6 Å². The van der Waals surface area contributed by atoms with Crippen LogP contribution in [0.3, 0.4) is 0 Å². The molecule has 0 saturated carbocycles. The van der Waals surface area contributed by atoms with Crippen molar-refractivity contribution in [2.45, 2.75) is 11.4 Å². The normalized spacial score (nSPS) is 10.4. The largest absolute Gasteiger partial charge is 0.379 e. The Hall–Kier alpha value is -0.640. The van der Waals surface area contributed by atoms with Crippen LogP contribution < -0.4 is 5.32 Å². The highest BCUT2D eigenvalue weighted by molar-refractivity contribution is 7.98. The smallest absolute Gasteiger partial charge is 0.0516 e. The highest BCUT2D eigenvalue weighted by Gasteiger charge is 2.01. The van der Waals surface area contributed by atoms with Gasteiger partial charge in [-0.1, -0.05) is 23.7 Å². The third-order valence-corrected chi connectivity index (χ3v) is 4.26. The van der Waals surface area contributed by atoms with Crippen LogP contribution in [-0.2, 0) is 6.54 Å². The minimum atomic E-state index is 0.819. The van der Waals surface area contributed by atoms with Gasteiger partial charge in [0, 0.05) is 27.4 Å². The molecule has 16 heavy (non-hydrogen) atoms. The Bertz CT molecular complexity index is 468. The molecule has 1 aromatic heterocycles. The number of thioether (sulfide) groups is 1. The van der Waals surface area contributed by atoms with Crippen LogP contribution in [0.5, 0.6) is 0 Å². The number of rotatable bonds is 4. The van der Waals surface area contributed by atoms with Gasteiger partial charge in [0.2, 0.25) is 0 Å². The number of hydrogen-bond acceptors (Lipinski definition) is 3. The quantitative estimate of drug-likeness (QED) is 0.805. The van der Waals surface area contributed by atoms with Gasteiger partial charge in [-0.05, 0) is 24.5 Å². The zero-order valence-electron chi connectivity index (χ0n) is 8.87. The third-order valence-electron chi connectivity index (χ3n) is 2.18. The molecule has 4 heteroatoms. The fourth-order valence-corrected chi connectivity index (χ4v) is 3.01. The van der Waals surface area contributed by atoms with E-state index in [9.17, 15) is 0 Å². The van der Waals surface area contributed by atoms with Crippen LogP contribution in [-0.4, -0.2) is 6.26 Å². The van der Waals surface area contributed by atoms with Gasteiger partial charge < -0.3 is 5.32 Å². The molecule has 2 aromatic rings. The molecule has 84 valence electrons. The molecular formula is C12H12ClNS2. The SMILES string of the molecule is CSc1ccccc1NCc1cc(Cl)cs1. The fourth-order valence-electron chi connectivity index (χ4n) is 1.42. The first-order chi connectivity index (χ1) is 7.79. The summed E-state index contributed by atoms with van der Waals surface area (Å²) in [5, 5.41) is 6.20.